The van der Waals surface area contributed by atoms with Gasteiger partial charge in [0.25, 0.3) is 0 Å². The zero-order valence-corrected chi connectivity index (χ0v) is 10.2. The Balaban J connectivity index is 1.71. The number of rotatable bonds is 2. The lowest BCUT2D eigenvalue weighted by atomic mass is 10.2. The van der Waals surface area contributed by atoms with Gasteiger partial charge in [-0.2, -0.15) is 0 Å². The second-order valence-electron chi connectivity index (χ2n) is 3.90. The van der Waals surface area contributed by atoms with E-state index in [1.807, 2.05) is 24.3 Å². The predicted molar refractivity (Wildman–Crippen MR) is 70.5 cm³/mol. The summed E-state index contributed by atoms with van der Waals surface area (Å²) in [5, 5.41) is 0. The number of hydrogen-bond acceptors (Lipinski definition) is 3. The van der Waals surface area contributed by atoms with Gasteiger partial charge in [-0.15, -0.1) is 0 Å². The van der Waals surface area contributed by atoms with E-state index in [0.717, 1.165) is 16.4 Å². The second-order valence-corrected chi connectivity index (χ2v) is 4.99. The third-order valence-corrected chi connectivity index (χ3v) is 3.48. The van der Waals surface area contributed by atoms with Crippen molar-refractivity contribution in [3.05, 3.63) is 54.1 Å². The van der Waals surface area contributed by atoms with E-state index in [1.54, 1.807) is 11.6 Å². The molecule has 2 nitrogen and oxygen atoms in total. The minimum absolute atomic E-state index is 0.282. The molecule has 0 bridgehead atoms. The van der Waals surface area contributed by atoms with Crippen LogP contribution in [0, 0.1) is 6.92 Å². The standard InChI is InChI=1S/C13H11BO2S/c1-10-6-8-11(9-7-10)17-14-15-12-4-2-3-5-13(12)16-14/h2-9H,1H3. The molecule has 0 saturated carbocycles. The first-order valence-electron chi connectivity index (χ1n) is 5.47. The summed E-state index contributed by atoms with van der Waals surface area (Å²) in [6.07, 6.45) is -0.282. The minimum atomic E-state index is -0.282. The highest BCUT2D eigenvalue weighted by molar-refractivity contribution is 8.24. The monoisotopic (exact) mass is 242 g/mol. The highest BCUT2D eigenvalue weighted by Crippen LogP contribution is 2.37. The molecule has 0 atom stereocenters. The van der Waals surface area contributed by atoms with Gasteiger partial charge in [-0.25, -0.2) is 0 Å². The van der Waals surface area contributed by atoms with Gasteiger partial charge in [-0.1, -0.05) is 41.4 Å². The molecule has 0 saturated heterocycles. The van der Waals surface area contributed by atoms with Crippen LogP contribution >= 0.6 is 11.6 Å². The van der Waals surface area contributed by atoms with Crippen molar-refractivity contribution in [2.24, 2.45) is 0 Å². The molecule has 17 heavy (non-hydrogen) atoms. The molecule has 2 aromatic rings. The van der Waals surface area contributed by atoms with Crippen LogP contribution in [-0.4, -0.2) is 6.40 Å². The van der Waals surface area contributed by atoms with E-state index in [0.29, 0.717) is 0 Å². The molecule has 3 rings (SSSR count). The van der Waals surface area contributed by atoms with Crippen LogP contribution < -0.4 is 9.31 Å². The smallest absolute Gasteiger partial charge is 0.514 e. The number of hydrogen-bond donors (Lipinski definition) is 0. The fourth-order valence-electron chi connectivity index (χ4n) is 1.65. The molecule has 0 amide bonds. The van der Waals surface area contributed by atoms with Gasteiger partial charge in [0.2, 0.25) is 0 Å². The first-order valence-corrected chi connectivity index (χ1v) is 6.35. The fourth-order valence-corrected chi connectivity index (χ4v) is 2.47. The lowest BCUT2D eigenvalue weighted by molar-refractivity contribution is 0.531. The van der Waals surface area contributed by atoms with Gasteiger partial charge >= 0.3 is 6.40 Å². The molecule has 4 heteroatoms. The number of fused-ring (bicyclic) bond motifs is 1. The van der Waals surface area contributed by atoms with Gasteiger partial charge < -0.3 is 9.31 Å². The van der Waals surface area contributed by atoms with E-state index >= 15 is 0 Å². The highest BCUT2D eigenvalue weighted by atomic mass is 32.2. The predicted octanol–water partition coefficient (Wildman–Crippen LogP) is 3.54. The van der Waals surface area contributed by atoms with Crippen molar-refractivity contribution in [2.75, 3.05) is 0 Å². The highest BCUT2D eigenvalue weighted by Gasteiger charge is 2.33. The number of benzene rings is 2. The Morgan fingerprint density at radius 1 is 0.882 bits per heavy atom. The van der Waals surface area contributed by atoms with Crippen LogP contribution in [0.4, 0.5) is 0 Å². The van der Waals surface area contributed by atoms with Crippen molar-refractivity contribution in [1.82, 2.24) is 0 Å². The molecule has 2 aromatic carbocycles. The molecule has 84 valence electrons. The maximum Gasteiger partial charge on any atom is 0.676 e. The van der Waals surface area contributed by atoms with Crippen molar-refractivity contribution < 1.29 is 9.31 Å². The summed E-state index contributed by atoms with van der Waals surface area (Å²) < 4.78 is 11.4. The molecule has 0 unspecified atom stereocenters. The molecule has 0 spiro atoms. The molecular formula is C13H11BO2S. The van der Waals surface area contributed by atoms with Gasteiger partial charge in [0.15, 0.2) is 0 Å². The minimum Gasteiger partial charge on any atom is -0.514 e. The molecule has 0 aromatic heterocycles. The number of aryl methyl sites for hydroxylation is 1. The normalized spacial score (nSPS) is 12.9. The second kappa shape index (κ2) is 4.38. The van der Waals surface area contributed by atoms with Crippen molar-refractivity contribution >= 4 is 18.0 Å². The zero-order valence-electron chi connectivity index (χ0n) is 9.42. The maximum atomic E-state index is 5.68. The molecule has 1 aliphatic heterocycles. The Morgan fingerprint density at radius 3 is 2.06 bits per heavy atom. The van der Waals surface area contributed by atoms with E-state index in [4.69, 9.17) is 9.31 Å². The summed E-state index contributed by atoms with van der Waals surface area (Å²) in [6, 6.07) is 16.1. The Morgan fingerprint density at radius 2 is 1.47 bits per heavy atom. The van der Waals surface area contributed by atoms with Gasteiger partial charge in [-0.3, -0.25) is 0 Å². The summed E-state index contributed by atoms with van der Waals surface area (Å²) in [5.41, 5.74) is 1.26. The van der Waals surface area contributed by atoms with Gasteiger partial charge in [0.05, 0.1) is 0 Å². The summed E-state index contributed by atoms with van der Waals surface area (Å²) in [6.45, 7) is 2.08. The first kappa shape index (κ1) is 10.6. The SMILES string of the molecule is Cc1ccc(SB2Oc3ccccc3O2)cc1. The third kappa shape index (κ3) is 2.27. The third-order valence-electron chi connectivity index (χ3n) is 2.55. The lowest BCUT2D eigenvalue weighted by Crippen LogP contribution is -2.19. The van der Waals surface area contributed by atoms with E-state index < -0.39 is 0 Å². The fraction of sp³-hybridized carbons (Fsp3) is 0.0769. The van der Waals surface area contributed by atoms with Crippen LogP contribution in [0.5, 0.6) is 11.5 Å². The summed E-state index contributed by atoms with van der Waals surface area (Å²) >= 11 is 1.57. The van der Waals surface area contributed by atoms with Crippen LogP contribution in [0.3, 0.4) is 0 Å². The zero-order chi connectivity index (χ0) is 11.7. The Hall–Kier alpha value is -1.55. The van der Waals surface area contributed by atoms with Gasteiger partial charge in [0, 0.05) is 4.90 Å². The lowest BCUT2D eigenvalue weighted by Gasteiger charge is -2.04. The molecule has 0 aliphatic carbocycles. The number of para-hydroxylation sites is 2. The van der Waals surface area contributed by atoms with Crippen molar-refractivity contribution in [3.8, 4) is 11.5 Å². The van der Waals surface area contributed by atoms with E-state index in [-0.39, 0.29) is 6.40 Å². The van der Waals surface area contributed by atoms with Crippen molar-refractivity contribution in [1.29, 1.82) is 0 Å². The van der Waals surface area contributed by atoms with Gasteiger partial charge in [0.1, 0.15) is 11.5 Å². The van der Waals surface area contributed by atoms with Crippen molar-refractivity contribution in [2.45, 2.75) is 11.8 Å². The Kier molecular flexibility index (Phi) is 2.73. The van der Waals surface area contributed by atoms with Crippen LogP contribution in [0.15, 0.2) is 53.4 Å². The van der Waals surface area contributed by atoms with E-state index in [2.05, 4.69) is 31.2 Å². The summed E-state index contributed by atoms with van der Waals surface area (Å²) in [4.78, 5) is 1.15. The van der Waals surface area contributed by atoms with Gasteiger partial charge in [-0.05, 0) is 31.2 Å². The first-order chi connectivity index (χ1) is 8.31. The molecule has 0 fully saturated rings. The van der Waals surface area contributed by atoms with E-state index in [9.17, 15) is 0 Å². The van der Waals surface area contributed by atoms with E-state index in [1.165, 1.54) is 5.56 Å². The van der Waals surface area contributed by atoms with Crippen LogP contribution in [0.25, 0.3) is 0 Å². The van der Waals surface area contributed by atoms with Crippen LogP contribution in [0.2, 0.25) is 0 Å². The van der Waals surface area contributed by atoms with Crippen LogP contribution in [0.1, 0.15) is 5.56 Å². The quantitative estimate of drug-likeness (QED) is 0.750. The molecular weight excluding hydrogens is 231 g/mol. The Labute approximate surface area is 105 Å². The van der Waals surface area contributed by atoms with Crippen LogP contribution in [-0.2, 0) is 0 Å². The van der Waals surface area contributed by atoms with Crippen molar-refractivity contribution in [3.63, 3.8) is 0 Å². The average Bonchev–Trinajstić information content (AvgIpc) is 2.74. The maximum absolute atomic E-state index is 5.68. The average molecular weight is 242 g/mol. The molecule has 1 heterocycles. The topological polar surface area (TPSA) is 18.5 Å². The molecule has 1 aliphatic rings. The molecule has 0 radical (unpaired) electrons. The largest absolute Gasteiger partial charge is 0.676 e. The molecule has 0 N–H and O–H groups in total. The summed E-state index contributed by atoms with van der Waals surface area (Å²) in [7, 11) is 0. The Bertz CT molecular complexity index is 502. The summed E-state index contributed by atoms with van der Waals surface area (Å²) in [5.74, 6) is 1.63.